The summed E-state index contributed by atoms with van der Waals surface area (Å²) in [5.41, 5.74) is 1.85. The van der Waals surface area contributed by atoms with E-state index in [9.17, 15) is 18.4 Å². The quantitative estimate of drug-likeness (QED) is 0.497. The summed E-state index contributed by atoms with van der Waals surface area (Å²) in [5, 5.41) is 0.965. The van der Waals surface area contributed by atoms with E-state index < -0.39 is 12.5 Å². The highest BCUT2D eigenvalue weighted by Gasteiger charge is 2.37. The molecule has 0 aliphatic carbocycles. The number of hydrogen-bond acceptors (Lipinski definition) is 5. The zero-order valence-electron chi connectivity index (χ0n) is 17.6. The number of halogens is 2. The number of fused-ring (bicyclic) bond motifs is 2. The molecule has 0 N–H and O–H groups in total. The van der Waals surface area contributed by atoms with Crippen molar-refractivity contribution in [2.75, 3.05) is 18.6 Å². The molecule has 6 nitrogen and oxygen atoms in total. The maximum absolute atomic E-state index is 13.3. The molecule has 0 atom stereocenters. The summed E-state index contributed by atoms with van der Waals surface area (Å²) in [5.74, 6) is -0.502. The van der Waals surface area contributed by atoms with Crippen LogP contribution in [0.15, 0.2) is 48.5 Å². The third kappa shape index (κ3) is 3.84. The molecule has 32 heavy (non-hydrogen) atoms. The van der Waals surface area contributed by atoms with Gasteiger partial charge in [-0.25, -0.2) is 0 Å². The first-order valence-corrected chi connectivity index (χ1v) is 10.1. The van der Waals surface area contributed by atoms with Gasteiger partial charge in [0.25, 0.3) is 5.91 Å². The first-order chi connectivity index (χ1) is 15.4. The highest BCUT2D eigenvalue weighted by Crippen LogP contribution is 2.46. The summed E-state index contributed by atoms with van der Waals surface area (Å²) in [4.78, 5) is 26.5. The highest BCUT2D eigenvalue weighted by molar-refractivity contribution is 6.16. The third-order valence-electron chi connectivity index (χ3n) is 5.31. The van der Waals surface area contributed by atoms with E-state index in [1.54, 1.807) is 55.5 Å². The van der Waals surface area contributed by atoms with Crippen molar-refractivity contribution in [3.05, 3.63) is 65.2 Å². The van der Waals surface area contributed by atoms with Crippen molar-refractivity contribution in [3.63, 3.8) is 0 Å². The average Bonchev–Trinajstić information content (AvgIpc) is 3.11. The summed E-state index contributed by atoms with van der Waals surface area (Å²) in [7, 11) is 1.48. The Morgan fingerprint density at radius 1 is 1.06 bits per heavy atom. The number of anilines is 1. The third-order valence-corrected chi connectivity index (χ3v) is 5.31. The number of carbonyl (C=O) groups excluding carboxylic acids is 2. The molecule has 1 aliphatic rings. The second-order valence-corrected chi connectivity index (χ2v) is 7.18. The summed E-state index contributed by atoms with van der Waals surface area (Å²) in [6.45, 7) is -0.906. The van der Waals surface area contributed by atoms with E-state index in [1.807, 2.05) is 0 Å². The topological polar surface area (TPSA) is 65.1 Å². The Hall–Kier alpha value is -3.68. The van der Waals surface area contributed by atoms with Gasteiger partial charge in [-0.05, 0) is 24.6 Å². The fourth-order valence-electron chi connectivity index (χ4n) is 3.99. The number of hydrogen-bond donors (Lipinski definition) is 0. The van der Waals surface area contributed by atoms with Crippen molar-refractivity contribution in [1.29, 1.82) is 0 Å². The molecule has 1 amide bonds. The van der Waals surface area contributed by atoms with Crippen molar-refractivity contribution in [2.24, 2.45) is 0 Å². The van der Waals surface area contributed by atoms with Gasteiger partial charge in [0.2, 0.25) is 0 Å². The van der Waals surface area contributed by atoms with Crippen LogP contribution in [0.5, 0.6) is 11.5 Å². The number of esters is 1. The lowest BCUT2D eigenvalue weighted by Crippen LogP contribution is -2.23. The number of benzene rings is 3. The van der Waals surface area contributed by atoms with Gasteiger partial charge in [0.05, 0.1) is 32.2 Å². The predicted octanol–water partition coefficient (Wildman–Crippen LogP) is 4.72. The van der Waals surface area contributed by atoms with Crippen molar-refractivity contribution < 1.29 is 32.6 Å². The molecule has 0 radical (unpaired) electrons. The zero-order valence-corrected chi connectivity index (χ0v) is 17.6. The Labute approximate surface area is 183 Å². The van der Waals surface area contributed by atoms with E-state index in [2.05, 4.69) is 0 Å². The second-order valence-electron chi connectivity index (χ2n) is 7.18. The van der Waals surface area contributed by atoms with Gasteiger partial charge in [0.15, 0.2) is 0 Å². The summed E-state index contributed by atoms with van der Waals surface area (Å²) >= 11 is 0. The summed E-state index contributed by atoms with van der Waals surface area (Å²) in [6.07, 6.45) is 0.119. The normalized spacial score (nSPS) is 12.9. The Kier molecular flexibility index (Phi) is 5.94. The molecule has 1 heterocycles. The molecular formula is C24H21F2NO5. The van der Waals surface area contributed by atoms with Crippen LogP contribution < -0.4 is 14.4 Å². The minimum absolute atomic E-state index is 0.0662. The van der Waals surface area contributed by atoms with Crippen molar-refractivity contribution >= 4 is 28.3 Å². The SMILES string of the molecule is CCOC(=O)Cc1ccc(N2Cc3c(c(OC(F)F)c4ccccc4c3OC)C2=O)cc1. The maximum atomic E-state index is 13.3. The van der Waals surface area contributed by atoms with Gasteiger partial charge in [-0.1, -0.05) is 36.4 Å². The Bertz CT molecular complexity index is 1180. The van der Waals surface area contributed by atoms with Crippen LogP contribution in [0.4, 0.5) is 14.5 Å². The van der Waals surface area contributed by atoms with Gasteiger partial charge in [-0.3, -0.25) is 9.59 Å². The van der Waals surface area contributed by atoms with Gasteiger partial charge in [-0.2, -0.15) is 8.78 Å². The molecule has 8 heteroatoms. The van der Waals surface area contributed by atoms with Gasteiger partial charge < -0.3 is 19.1 Å². The minimum atomic E-state index is -3.08. The molecule has 0 spiro atoms. The number of amides is 1. The van der Waals surface area contributed by atoms with E-state index in [-0.39, 0.29) is 30.2 Å². The van der Waals surface area contributed by atoms with Crippen LogP contribution in [0.25, 0.3) is 10.8 Å². The Morgan fingerprint density at radius 2 is 1.72 bits per heavy atom. The lowest BCUT2D eigenvalue weighted by molar-refractivity contribution is -0.142. The Morgan fingerprint density at radius 3 is 2.31 bits per heavy atom. The van der Waals surface area contributed by atoms with Crippen LogP contribution in [-0.4, -0.2) is 32.2 Å². The van der Waals surface area contributed by atoms with Crippen molar-refractivity contribution in [1.82, 2.24) is 0 Å². The molecule has 0 saturated heterocycles. The summed E-state index contributed by atoms with van der Waals surface area (Å²) < 4.78 is 41.8. The van der Waals surface area contributed by atoms with E-state index >= 15 is 0 Å². The number of carbonyl (C=O) groups is 2. The molecule has 1 aliphatic heterocycles. The van der Waals surface area contributed by atoms with E-state index in [0.29, 0.717) is 34.4 Å². The molecule has 0 aromatic heterocycles. The zero-order chi connectivity index (χ0) is 22.8. The number of methoxy groups -OCH3 is 1. The average molecular weight is 441 g/mol. The standard InChI is InChI=1S/C24H21F2NO5/c1-3-31-19(28)12-14-8-10-15(11-9-14)27-13-18-20(23(27)29)22(32-24(25)26)17-7-5-4-6-16(17)21(18)30-2/h4-11,24H,3,12-13H2,1-2H3. The smallest absolute Gasteiger partial charge is 0.387 e. The van der Waals surface area contributed by atoms with E-state index in [4.69, 9.17) is 14.2 Å². The molecule has 0 saturated carbocycles. The van der Waals surface area contributed by atoms with Gasteiger partial charge >= 0.3 is 12.6 Å². The van der Waals surface area contributed by atoms with Crippen LogP contribution in [-0.2, 0) is 22.5 Å². The first-order valence-electron chi connectivity index (χ1n) is 10.1. The number of nitrogens with zero attached hydrogens (tertiary/aromatic N) is 1. The van der Waals surface area contributed by atoms with Crippen LogP contribution in [0.1, 0.15) is 28.4 Å². The predicted molar refractivity (Wildman–Crippen MR) is 114 cm³/mol. The summed E-state index contributed by atoms with van der Waals surface area (Å²) in [6, 6.07) is 13.7. The highest BCUT2D eigenvalue weighted by atomic mass is 19.3. The van der Waals surface area contributed by atoms with Crippen LogP contribution >= 0.6 is 0 Å². The van der Waals surface area contributed by atoms with Crippen molar-refractivity contribution in [2.45, 2.75) is 26.5 Å². The number of ether oxygens (including phenoxy) is 3. The van der Waals surface area contributed by atoms with E-state index in [1.165, 1.54) is 12.0 Å². The van der Waals surface area contributed by atoms with E-state index in [0.717, 1.165) is 5.56 Å². The molecule has 4 rings (SSSR count). The number of rotatable bonds is 7. The molecule has 3 aromatic carbocycles. The molecule has 166 valence electrons. The van der Waals surface area contributed by atoms with Gasteiger partial charge in [0.1, 0.15) is 11.5 Å². The van der Waals surface area contributed by atoms with Crippen LogP contribution in [0.3, 0.4) is 0 Å². The minimum Gasteiger partial charge on any atom is -0.496 e. The first kappa shape index (κ1) is 21.5. The fourth-order valence-corrected chi connectivity index (χ4v) is 3.99. The lowest BCUT2D eigenvalue weighted by atomic mass is 9.99. The molecule has 0 bridgehead atoms. The molecule has 0 fully saturated rings. The molecular weight excluding hydrogens is 420 g/mol. The lowest BCUT2D eigenvalue weighted by Gasteiger charge is -2.16. The Balaban J connectivity index is 1.74. The molecule has 0 unspecified atom stereocenters. The van der Waals surface area contributed by atoms with Gasteiger partial charge in [0, 0.05) is 22.0 Å². The van der Waals surface area contributed by atoms with Crippen molar-refractivity contribution in [3.8, 4) is 11.5 Å². The fraction of sp³-hybridized carbons (Fsp3) is 0.250. The number of alkyl halides is 2. The van der Waals surface area contributed by atoms with Crippen LogP contribution in [0, 0.1) is 0 Å². The second kappa shape index (κ2) is 8.82. The largest absolute Gasteiger partial charge is 0.496 e. The molecule has 3 aromatic rings. The van der Waals surface area contributed by atoms with Gasteiger partial charge in [-0.15, -0.1) is 0 Å². The maximum Gasteiger partial charge on any atom is 0.387 e. The monoisotopic (exact) mass is 441 g/mol. The van der Waals surface area contributed by atoms with Crippen LogP contribution in [0.2, 0.25) is 0 Å².